The maximum Gasteiger partial charge on any atom is 0.142 e. The Morgan fingerprint density at radius 3 is 2.68 bits per heavy atom. The van der Waals surface area contributed by atoms with Crippen LogP contribution in [-0.2, 0) is 4.79 Å². The first-order valence-corrected chi connectivity index (χ1v) is 7.15. The zero-order valence-electron chi connectivity index (χ0n) is 11.6. The Bertz CT molecular complexity index is 376. The van der Waals surface area contributed by atoms with E-state index in [2.05, 4.69) is 0 Å². The molecule has 2 rings (SSSR count). The first kappa shape index (κ1) is 14.7. The van der Waals surface area contributed by atoms with Gasteiger partial charge in [-0.1, -0.05) is 18.6 Å². The van der Waals surface area contributed by atoms with Crippen molar-refractivity contribution in [2.45, 2.75) is 45.3 Å². The molecular formula is C15H24O4. The molecule has 4 nitrogen and oxygen atoms in total. The molecule has 6 atom stereocenters. The summed E-state index contributed by atoms with van der Waals surface area (Å²) in [5.74, 6) is -0.302. The molecule has 2 aliphatic carbocycles. The van der Waals surface area contributed by atoms with E-state index in [1.807, 2.05) is 13.8 Å². The summed E-state index contributed by atoms with van der Waals surface area (Å²) in [7, 11) is 0. The molecule has 4 heteroatoms. The van der Waals surface area contributed by atoms with Gasteiger partial charge in [-0.2, -0.15) is 0 Å². The Labute approximate surface area is 114 Å². The van der Waals surface area contributed by atoms with Gasteiger partial charge in [-0.3, -0.25) is 4.79 Å². The van der Waals surface area contributed by atoms with E-state index >= 15 is 0 Å². The molecule has 0 amide bonds. The average Bonchev–Trinajstić information content (AvgIpc) is 2.33. The first-order valence-electron chi connectivity index (χ1n) is 7.15. The Kier molecular flexibility index (Phi) is 4.43. The molecule has 0 radical (unpaired) electrons. The zero-order chi connectivity index (χ0) is 14.2. The number of ketones is 1. The third kappa shape index (κ3) is 2.62. The van der Waals surface area contributed by atoms with Crippen molar-refractivity contribution in [2.75, 3.05) is 6.61 Å². The Morgan fingerprint density at radius 1 is 1.37 bits per heavy atom. The van der Waals surface area contributed by atoms with Gasteiger partial charge in [-0.15, -0.1) is 0 Å². The van der Waals surface area contributed by atoms with Gasteiger partial charge in [-0.05, 0) is 31.6 Å². The van der Waals surface area contributed by atoms with Crippen molar-refractivity contribution in [3.8, 4) is 0 Å². The van der Waals surface area contributed by atoms with E-state index in [4.69, 9.17) is 5.11 Å². The summed E-state index contributed by atoms with van der Waals surface area (Å²) in [4.78, 5) is 12.2. The number of hydrogen-bond donors (Lipinski definition) is 3. The van der Waals surface area contributed by atoms with Crippen molar-refractivity contribution in [3.63, 3.8) is 0 Å². The number of Topliss-reactive ketones (excluding diaryl/α,β-unsaturated/α-hetero) is 1. The number of allylic oxidation sites excluding steroid dienone is 1. The van der Waals surface area contributed by atoms with Crippen LogP contribution in [0.2, 0.25) is 0 Å². The largest absolute Gasteiger partial charge is 0.396 e. The Morgan fingerprint density at radius 2 is 2.05 bits per heavy atom. The summed E-state index contributed by atoms with van der Waals surface area (Å²) < 4.78 is 0. The summed E-state index contributed by atoms with van der Waals surface area (Å²) in [6, 6.07) is 0. The number of carbonyl (C=O) groups excluding carboxylic acids is 1. The smallest absolute Gasteiger partial charge is 0.142 e. The second kappa shape index (κ2) is 5.73. The first-order chi connectivity index (χ1) is 8.97. The van der Waals surface area contributed by atoms with Crippen LogP contribution in [0.4, 0.5) is 0 Å². The second-order valence-corrected chi connectivity index (χ2v) is 6.11. The summed E-state index contributed by atoms with van der Waals surface area (Å²) in [5.41, 5.74) is 0.883. The van der Waals surface area contributed by atoms with Crippen molar-refractivity contribution >= 4 is 5.78 Å². The van der Waals surface area contributed by atoms with Crippen LogP contribution < -0.4 is 0 Å². The number of fused-ring (bicyclic) bond motifs is 1. The van der Waals surface area contributed by atoms with Crippen molar-refractivity contribution in [1.29, 1.82) is 0 Å². The zero-order valence-corrected chi connectivity index (χ0v) is 11.6. The van der Waals surface area contributed by atoms with Gasteiger partial charge in [0.1, 0.15) is 5.78 Å². The summed E-state index contributed by atoms with van der Waals surface area (Å²) >= 11 is 0. The van der Waals surface area contributed by atoms with Crippen LogP contribution in [0.15, 0.2) is 11.6 Å². The third-order valence-corrected chi connectivity index (χ3v) is 4.88. The fourth-order valence-corrected chi connectivity index (χ4v) is 3.88. The minimum absolute atomic E-state index is 0.00486. The molecule has 0 saturated heterocycles. The lowest BCUT2D eigenvalue weighted by atomic mass is 9.60. The van der Waals surface area contributed by atoms with Crippen LogP contribution >= 0.6 is 0 Å². The summed E-state index contributed by atoms with van der Waals surface area (Å²) in [5, 5.41) is 29.5. The molecule has 0 bridgehead atoms. The van der Waals surface area contributed by atoms with Crippen LogP contribution in [0.3, 0.4) is 0 Å². The van der Waals surface area contributed by atoms with Gasteiger partial charge in [-0.25, -0.2) is 0 Å². The summed E-state index contributed by atoms with van der Waals surface area (Å²) in [6.45, 7) is 3.72. The normalized spacial score (nSPS) is 42.5. The molecule has 6 unspecified atom stereocenters. The lowest BCUT2D eigenvalue weighted by Gasteiger charge is -2.47. The molecule has 108 valence electrons. The van der Waals surface area contributed by atoms with Gasteiger partial charge in [0, 0.05) is 24.9 Å². The molecule has 1 saturated carbocycles. The molecule has 0 aromatic heterocycles. The van der Waals surface area contributed by atoms with E-state index in [1.165, 1.54) is 0 Å². The van der Waals surface area contributed by atoms with E-state index in [0.29, 0.717) is 0 Å². The Balaban J connectivity index is 2.29. The van der Waals surface area contributed by atoms with Crippen molar-refractivity contribution in [2.24, 2.45) is 23.7 Å². The molecule has 2 aliphatic rings. The van der Waals surface area contributed by atoms with Gasteiger partial charge in [0.25, 0.3) is 0 Å². The van der Waals surface area contributed by atoms with Gasteiger partial charge >= 0.3 is 0 Å². The van der Waals surface area contributed by atoms with Crippen LogP contribution in [0.25, 0.3) is 0 Å². The fourth-order valence-electron chi connectivity index (χ4n) is 3.88. The monoisotopic (exact) mass is 268 g/mol. The van der Waals surface area contributed by atoms with E-state index in [-0.39, 0.29) is 42.5 Å². The second-order valence-electron chi connectivity index (χ2n) is 6.11. The topological polar surface area (TPSA) is 77.8 Å². The molecule has 0 aromatic carbocycles. The molecule has 0 aromatic rings. The van der Waals surface area contributed by atoms with Crippen LogP contribution in [-0.4, -0.2) is 39.9 Å². The van der Waals surface area contributed by atoms with Gasteiger partial charge in [0.15, 0.2) is 0 Å². The number of carbonyl (C=O) groups is 1. The molecule has 1 fully saturated rings. The lowest BCUT2D eigenvalue weighted by Crippen LogP contribution is -2.50. The van der Waals surface area contributed by atoms with E-state index in [0.717, 1.165) is 18.4 Å². The highest BCUT2D eigenvalue weighted by molar-refractivity contribution is 5.84. The van der Waals surface area contributed by atoms with E-state index in [1.54, 1.807) is 6.08 Å². The van der Waals surface area contributed by atoms with Crippen molar-refractivity contribution in [3.05, 3.63) is 11.6 Å². The standard InChI is InChI=1S/C15H24O4/c1-8-3-4-10-13(11(17)5-6-16)9(2)7-12(18)14(10)15(8)19/h7-8,10,12-16,18-19H,3-6H2,1-2H3. The highest BCUT2D eigenvalue weighted by Crippen LogP contribution is 2.46. The molecule has 19 heavy (non-hydrogen) atoms. The maximum atomic E-state index is 12.2. The predicted octanol–water partition coefficient (Wildman–Crippen LogP) is 0.898. The third-order valence-electron chi connectivity index (χ3n) is 4.88. The molecule has 0 heterocycles. The highest BCUT2D eigenvalue weighted by Gasteiger charge is 2.47. The minimum Gasteiger partial charge on any atom is -0.396 e. The molecule has 0 aliphatic heterocycles. The summed E-state index contributed by atoms with van der Waals surface area (Å²) in [6.07, 6.45) is 2.38. The maximum absolute atomic E-state index is 12.2. The SMILES string of the molecule is CC1=CC(O)C2C(O)C(C)CCC2C1C(=O)CCO. The highest BCUT2D eigenvalue weighted by atomic mass is 16.3. The van der Waals surface area contributed by atoms with Crippen molar-refractivity contribution < 1.29 is 20.1 Å². The van der Waals surface area contributed by atoms with Gasteiger partial charge in [0.05, 0.1) is 12.2 Å². The van der Waals surface area contributed by atoms with Crippen LogP contribution in [0.1, 0.15) is 33.1 Å². The van der Waals surface area contributed by atoms with Gasteiger partial charge in [0.2, 0.25) is 0 Å². The molecule has 3 N–H and O–H groups in total. The predicted molar refractivity (Wildman–Crippen MR) is 71.3 cm³/mol. The number of aliphatic hydroxyl groups excluding tert-OH is 3. The quantitative estimate of drug-likeness (QED) is 0.665. The Hall–Kier alpha value is -0.710. The molecular weight excluding hydrogens is 244 g/mol. The number of rotatable bonds is 3. The van der Waals surface area contributed by atoms with E-state index in [9.17, 15) is 15.0 Å². The van der Waals surface area contributed by atoms with Crippen LogP contribution in [0, 0.1) is 23.7 Å². The fraction of sp³-hybridized carbons (Fsp3) is 0.800. The lowest BCUT2D eigenvalue weighted by molar-refractivity contribution is -0.130. The average molecular weight is 268 g/mol. The number of hydrogen-bond acceptors (Lipinski definition) is 4. The minimum atomic E-state index is -0.666. The van der Waals surface area contributed by atoms with Crippen molar-refractivity contribution in [1.82, 2.24) is 0 Å². The van der Waals surface area contributed by atoms with Crippen LogP contribution in [0.5, 0.6) is 0 Å². The molecule has 0 spiro atoms. The number of aliphatic hydroxyl groups is 3. The van der Waals surface area contributed by atoms with E-state index < -0.39 is 12.2 Å². The van der Waals surface area contributed by atoms with Gasteiger partial charge < -0.3 is 15.3 Å².